The third-order valence-corrected chi connectivity index (χ3v) is 8.18. The zero-order valence-electron chi connectivity index (χ0n) is 19.1. The first-order chi connectivity index (χ1) is 16.7. The lowest BCUT2D eigenvalue weighted by Crippen LogP contribution is -2.38. The van der Waals surface area contributed by atoms with Crippen LogP contribution in [0.3, 0.4) is 0 Å². The third-order valence-electron chi connectivity index (χ3n) is 6.87. The number of nitrogens with zero attached hydrogens (tertiary/aromatic N) is 1. The molecule has 2 saturated carbocycles. The van der Waals surface area contributed by atoms with Crippen LogP contribution >= 0.6 is 23.2 Å². The summed E-state index contributed by atoms with van der Waals surface area (Å²) in [6.45, 7) is 1.18. The van der Waals surface area contributed by atoms with Crippen molar-refractivity contribution in [1.29, 1.82) is 0 Å². The molecule has 188 valence electrons. The van der Waals surface area contributed by atoms with E-state index < -0.39 is 54.6 Å². The van der Waals surface area contributed by atoms with Gasteiger partial charge in [0.15, 0.2) is 6.61 Å². The van der Waals surface area contributed by atoms with Crippen molar-refractivity contribution >= 4 is 58.5 Å². The molecule has 3 aliphatic rings. The first kappa shape index (κ1) is 25.4. The van der Waals surface area contributed by atoms with Crippen LogP contribution in [-0.4, -0.2) is 65.1 Å². The number of nitrogens with one attached hydrogen (secondary N) is 1. The smallest absolute Gasteiger partial charge is 0.338 e. The Morgan fingerprint density at radius 1 is 1.00 bits per heavy atom. The molecule has 6 atom stereocenters. The fraction of sp³-hybridized carbons (Fsp3) is 0.542. The predicted octanol–water partition coefficient (Wildman–Crippen LogP) is 2.59. The van der Waals surface area contributed by atoms with Gasteiger partial charge >= 0.3 is 11.9 Å². The highest BCUT2D eigenvalue weighted by molar-refractivity contribution is 6.31. The Kier molecular flexibility index (Phi) is 7.66. The molecule has 2 bridgehead atoms. The number of unbranched alkanes of at least 4 members (excludes halogenated alkanes) is 1. The quantitative estimate of drug-likeness (QED) is 0.228. The molecule has 3 amide bonds. The van der Waals surface area contributed by atoms with E-state index in [1.54, 1.807) is 0 Å². The first-order valence-electron chi connectivity index (χ1n) is 11.6. The minimum atomic E-state index is -0.871. The number of benzene rings is 1. The first-order valence-corrected chi connectivity index (χ1v) is 12.5. The summed E-state index contributed by atoms with van der Waals surface area (Å²) in [7, 11) is 0. The molecular formula is C24H26Cl2N2O7. The van der Waals surface area contributed by atoms with Gasteiger partial charge in [-0.25, -0.2) is 4.79 Å². The lowest BCUT2D eigenvalue weighted by molar-refractivity contribution is -0.154. The molecule has 1 heterocycles. The average molecular weight is 525 g/mol. The van der Waals surface area contributed by atoms with Crippen molar-refractivity contribution in [3.05, 3.63) is 29.8 Å². The Morgan fingerprint density at radius 3 is 2.17 bits per heavy atom. The van der Waals surface area contributed by atoms with Crippen molar-refractivity contribution in [3.8, 4) is 0 Å². The van der Waals surface area contributed by atoms with E-state index in [1.807, 2.05) is 6.92 Å². The van der Waals surface area contributed by atoms with Crippen LogP contribution in [-0.2, 0) is 28.7 Å². The lowest BCUT2D eigenvalue weighted by atomic mass is 9.80. The second-order valence-corrected chi connectivity index (χ2v) is 10.1. The molecule has 0 spiro atoms. The molecule has 0 unspecified atom stereocenters. The highest BCUT2D eigenvalue weighted by Gasteiger charge is 2.66. The average Bonchev–Trinajstić information content (AvgIpc) is 3.44. The monoisotopic (exact) mass is 524 g/mol. The van der Waals surface area contributed by atoms with E-state index in [4.69, 9.17) is 32.7 Å². The summed E-state index contributed by atoms with van der Waals surface area (Å²) in [5.41, 5.74) is 0.750. The Labute approximate surface area is 212 Å². The molecule has 35 heavy (non-hydrogen) atoms. The number of imide groups is 1. The highest BCUT2D eigenvalue weighted by Crippen LogP contribution is 2.59. The summed E-state index contributed by atoms with van der Waals surface area (Å²) in [6.07, 6.45) is 2.33. The SMILES string of the molecule is CCCCOC(=O)c1ccc(NC(=O)COC(=O)CN2C(=O)[C@@H]3[C@H]4C[C@@H]([C@@H](Cl)[C@H]4Cl)[C@H]3C2=O)cc1. The lowest BCUT2D eigenvalue weighted by Gasteiger charge is -2.28. The molecule has 11 heteroatoms. The van der Waals surface area contributed by atoms with Crippen molar-refractivity contribution in [1.82, 2.24) is 4.90 Å². The van der Waals surface area contributed by atoms with Gasteiger partial charge in [-0.15, -0.1) is 23.2 Å². The molecule has 2 aliphatic carbocycles. The molecule has 0 radical (unpaired) electrons. The van der Waals surface area contributed by atoms with E-state index in [2.05, 4.69) is 5.32 Å². The second kappa shape index (κ2) is 10.5. The minimum absolute atomic E-state index is 0.179. The van der Waals surface area contributed by atoms with Gasteiger partial charge in [0.25, 0.3) is 5.91 Å². The predicted molar refractivity (Wildman–Crippen MR) is 126 cm³/mol. The van der Waals surface area contributed by atoms with Crippen LogP contribution in [0.5, 0.6) is 0 Å². The highest BCUT2D eigenvalue weighted by atomic mass is 35.5. The Hall–Kier alpha value is -2.65. The van der Waals surface area contributed by atoms with Crippen molar-refractivity contribution < 1.29 is 33.4 Å². The zero-order valence-corrected chi connectivity index (χ0v) is 20.6. The fourth-order valence-corrected chi connectivity index (χ4v) is 6.06. The summed E-state index contributed by atoms with van der Waals surface area (Å²) in [6, 6.07) is 6.08. The van der Waals surface area contributed by atoms with Crippen molar-refractivity contribution in [2.24, 2.45) is 23.7 Å². The molecule has 0 aromatic heterocycles. The second-order valence-electron chi connectivity index (χ2n) is 9.04. The molecule has 1 aliphatic heterocycles. The number of ether oxygens (including phenoxy) is 2. The largest absolute Gasteiger partial charge is 0.462 e. The van der Waals surface area contributed by atoms with Crippen LogP contribution in [0, 0.1) is 23.7 Å². The number of hydrogen-bond donors (Lipinski definition) is 1. The summed E-state index contributed by atoms with van der Waals surface area (Å²) < 4.78 is 10.1. The van der Waals surface area contributed by atoms with E-state index >= 15 is 0 Å². The van der Waals surface area contributed by atoms with Crippen LogP contribution in [0.2, 0.25) is 0 Å². The van der Waals surface area contributed by atoms with Gasteiger partial charge in [-0.05, 0) is 48.9 Å². The third kappa shape index (κ3) is 5.02. The number of anilines is 1. The van der Waals surface area contributed by atoms with Gasteiger partial charge in [0, 0.05) is 5.69 Å². The summed E-state index contributed by atoms with van der Waals surface area (Å²) >= 11 is 12.6. The number of hydrogen-bond acceptors (Lipinski definition) is 7. The fourth-order valence-electron chi connectivity index (χ4n) is 5.17. The van der Waals surface area contributed by atoms with Crippen LogP contribution in [0.25, 0.3) is 0 Å². The zero-order chi connectivity index (χ0) is 25.3. The molecule has 1 N–H and O–H groups in total. The van der Waals surface area contributed by atoms with E-state index in [9.17, 15) is 24.0 Å². The van der Waals surface area contributed by atoms with Crippen LogP contribution in [0.1, 0.15) is 36.5 Å². The van der Waals surface area contributed by atoms with Crippen LogP contribution in [0.15, 0.2) is 24.3 Å². The summed E-state index contributed by atoms with van der Waals surface area (Å²) in [5, 5.41) is 1.79. The summed E-state index contributed by atoms with van der Waals surface area (Å²) in [5.74, 6) is -4.25. The van der Waals surface area contributed by atoms with Gasteiger partial charge in [0.05, 0.1) is 34.8 Å². The number of likely N-dealkylation sites (tertiary alicyclic amines) is 1. The van der Waals surface area contributed by atoms with Crippen LogP contribution < -0.4 is 5.32 Å². The molecule has 3 fully saturated rings. The van der Waals surface area contributed by atoms with Crippen molar-refractivity contribution in [3.63, 3.8) is 0 Å². The Bertz CT molecular complexity index is 999. The molecule has 1 saturated heterocycles. The van der Waals surface area contributed by atoms with Crippen molar-refractivity contribution in [2.75, 3.05) is 25.1 Å². The van der Waals surface area contributed by atoms with E-state index in [0.29, 0.717) is 24.3 Å². The van der Waals surface area contributed by atoms with Gasteiger partial charge in [0.1, 0.15) is 6.54 Å². The number of carbonyl (C=O) groups excluding carboxylic acids is 5. The minimum Gasteiger partial charge on any atom is -0.462 e. The molecular weight excluding hydrogens is 499 g/mol. The van der Waals surface area contributed by atoms with E-state index in [1.165, 1.54) is 24.3 Å². The maximum absolute atomic E-state index is 12.8. The molecule has 9 nitrogen and oxygen atoms in total. The van der Waals surface area contributed by atoms with Gasteiger partial charge in [0.2, 0.25) is 11.8 Å². The number of rotatable bonds is 9. The Morgan fingerprint density at radius 2 is 1.60 bits per heavy atom. The number of amides is 3. The van der Waals surface area contributed by atoms with Gasteiger partial charge in [-0.1, -0.05) is 13.3 Å². The van der Waals surface area contributed by atoms with Crippen molar-refractivity contribution in [2.45, 2.75) is 36.9 Å². The Balaban J connectivity index is 1.24. The molecule has 1 aromatic carbocycles. The van der Waals surface area contributed by atoms with Gasteiger partial charge < -0.3 is 14.8 Å². The van der Waals surface area contributed by atoms with Gasteiger partial charge in [-0.3, -0.25) is 24.1 Å². The van der Waals surface area contributed by atoms with E-state index in [-0.39, 0.29) is 22.6 Å². The number of halogens is 2. The summed E-state index contributed by atoms with van der Waals surface area (Å²) in [4.78, 5) is 62.8. The van der Waals surface area contributed by atoms with Crippen LogP contribution in [0.4, 0.5) is 5.69 Å². The normalized spacial score (nSPS) is 28.7. The molecule has 4 rings (SSSR count). The maximum Gasteiger partial charge on any atom is 0.338 e. The van der Waals surface area contributed by atoms with Gasteiger partial charge in [-0.2, -0.15) is 0 Å². The number of fused-ring (bicyclic) bond motifs is 5. The topological polar surface area (TPSA) is 119 Å². The number of carbonyl (C=O) groups is 5. The van der Waals surface area contributed by atoms with E-state index in [0.717, 1.165) is 17.7 Å². The number of alkyl halides is 2. The molecule has 1 aromatic rings. The number of esters is 2. The standard InChI is InChI=1S/C24H26Cl2N2O7/c1-2-3-8-34-24(33)12-4-6-13(7-5-12)27-16(29)11-35-17(30)10-28-22(31)18-14-9-15(19(18)23(28)32)21(26)20(14)25/h4-7,14-15,18-21H,2-3,8-11H2,1H3,(H,27,29)/t14-,15-,18-,19-,20-,21+/m1/s1. The maximum atomic E-state index is 12.8.